The molecule has 1 aliphatic rings. The molecule has 6 nitrogen and oxygen atoms in total. The van der Waals surface area contributed by atoms with Crippen molar-refractivity contribution in [3.8, 4) is 0 Å². The van der Waals surface area contributed by atoms with E-state index in [1.807, 2.05) is 6.92 Å². The second-order valence-electron chi connectivity index (χ2n) is 4.20. The minimum atomic E-state index is -0.796. The number of nitrogens with two attached hydrogens (primary N) is 1. The van der Waals surface area contributed by atoms with E-state index in [4.69, 9.17) is 5.73 Å². The van der Waals surface area contributed by atoms with Crippen LogP contribution in [0.15, 0.2) is 0 Å². The standard InChI is InChI=1S/C8H15N5O/c1-8(9,5-3-4-5)6(14)7-10-11-12-13(7)2/h5-6,14H,3-4,9H2,1-2H3. The van der Waals surface area contributed by atoms with Gasteiger partial charge >= 0.3 is 0 Å². The normalized spacial score (nSPS) is 23.1. The Balaban J connectivity index is 2.22. The van der Waals surface area contributed by atoms with Crippen LogP contribution in [0.2, 0.25) is 0 Å². The van der Waals surface area contributed by atoms with E-state index in [-0.39, 0.29) is 0 Å². The van der Waals surface area contributed by atoms with Gasteiger partial charge in [-0.05, 0) is 36.1 Å². The van der Waals surface area contributed by atoms with E-state index in [0.717, 1.165) is 12.8 Å². The number of tetrazole rings is 1. The molecule has 78 valence electrons. The molecule has 14 heavy (non-hydrogen) atoms. The molecule has 0 spiro atoms. The Bertz CT molecular complexity index is 330. The lowest BCUT2D eigenvalue weighted by Crippen LogP contribution is -2.45. The van der Waals surface area contributed by atoms with Crippen LogP contribution in [0.4, 0.5) is 0 Å². The highest BCUT2D eigenvalue weighted by atomic mass is 16.3. The van der Waals surface area contributed by atoms with Gasteiger partial charge in [-0.15, -0.1) is 5.10 Å². The van der Waals surface area contributed by atoms with Gasteiger partial charge in [-0.1, -0.05) is 0 Å². The molecular formula is C8H15N5O. The van der Waals surface area contributed by atoms with Gasteiger partial charge in [0.25, 0.3) is 0 Å². The molecule has 0 saturated heterocycles. The Hall–Kier alpha value is -1.01. The zero-order valence-corrected chi connectivity index (χ0v) is 8.38. The summed E-state index contributed by atoms with van der Waals surface area (Å²) in [5.41, 5.74) is 5.44. The molecule has 3 N–H and O–H groups in total. The van der Waals surface area contributed by atoms with Gasteiger partial charge in [0.05, 0.1) is 0 Å². The quantitative estimate of drug-likeness (QED) is 0.673. The van der Waals surface area contributed by atoms with E-state index in [1.165, 1.54) is 4.68 Å². The smallest absolute Gasteiger partial charge is 0.181 e. The predicted molar refractivity (Wildman–Crippen MR) is 49.1 cm³/mol. The van der Waals surface area contributed by atoms with Crippen molar-refractivity contribution in [2.45, 2.75) is 31.4 Å². The van der Waals surface area contributed by atoms with E-state index in [1.54, 1.807) is 7.05 Å². The van der Waals surface area contributed by atoms with E-state index in [2.05, 4.69) is 15.5 Å². The third-order valence-electron chi connectivity index (χ3n) is 2.94. The molecule has 1 aromatic rings. The topological polar surface area (TPSA) is 89.8 Å². The zero-order chi connectivity index (χ0) is 10.3. The number of aryl methyl sites for hydroxylation is 1. The molecule has 0 aliphatic heterocycles. The highest BCUT2D eigenvalue weighted by Crippen LogP contribution is 2.43. The first-order chi connectivity index (χ1) is 6.53. The molecule has 2 rings (SSSR count). The maximum Gasteiger partial charge on any atom is 0.181 e. The van der Waals surface area contributed by atoms with Crippen LogP contribution >= 0.6 is 0 Å². The van der Waals surface area contributed by atoms with Gasteiger partial charge in [0.1, 0.15) is 6.10 Å². The van der Waals surface area contributed by atoms with E-state index in [9.17, 15) is 5.11 Å². The first-order valence-electron chi connectivity index (χ1n) is 4.72. The van der Waals surface area contributed by atoms with Crippen molar-refractivity contribution in [3.63, 3.8) is 0 Å². The summed E-state index contributed by atoms with van der Waals surface area (Å²) in [6.45, 7) is 1.85. The monoisotopic (exact) mass is 197 g/mol. The molecule has 2 atom stereocenters. The predicted octanol–water partition coefficient (Wildman–Crippen LogP) is -0.629. The lowest BCUT2D eigenvalue weighted by Gasteiger charge is -2.29. The average molecular weight is 197 g/mol. The third-order valence-corrected chi connectivity index (χ3v) is 2.94. The second-order valence-corrected chi connectivity index (χ2v) is 4.20. The number of aromatic nitrogens is 4. The van der Waals surface area contributed by atoms with Crippen molar-refractivity contribution in [1.29, 1.82) is 0 Å². The van der Waals surface area contributed by atoms with Gasteiger partial charge in [0.2, 0.25) is 0 Å². The van der Waals surface area contributed by atoms with E-state index < -0.39 is 11.6 Å². The van der Waals surface area contributed by atoms with Gasteiger partial charge in [0, 0.05) is 12.6 Å². The molecule has 1 saturated carbocycles. The van der Waals surface area contributed by atoms with Crippen molar-refractivity contribution in [3.05, 3.63) is 5.82 Å². The SMILES string of the molecule is Cn1nnnc1C(O)C(C)(N)C1CC1. The largest absolute Gasteiger partial charge is 0.383 e. The van der Waals surface area contributed by atoms with Crippen molar-refractivity contribution in [2.24, 2.45) is 18.7 Å². The molecule has 1 fully saturated rings. The number of rotatable bonds is 3. The molecule has 0 amide bonds. The summed E-state index contributed by atoms with van der Waals surface area (Å²) in [5, 5.41) is 21.0. The molecule has 2 unspecified atom stereocenters. The molecule has 1 aliphatic carbocycles. The Kier molecular flexibility index (Phi) is 2.04. The maximum absolute atomic E-state index is 10.0. The molecule has 0 bridgehead atoms. The number of nitrogens with zero attached hydrogens (tertiary/aromatic N) is 4. The van der Waals surface area contributed by atoms with Crippen LogP contribution in [0, 0.1) is 5.92 Å². The first kappa shape index (κ1) is 9.54. The molecule has 0 radical (unpaired) electrons. The molecule has 1 aromatic heterocycles. The Morgan fingerprint density at radius 2 is 2.29 bits per heavy atom. The minimum absolute atomic E-state index is 0.384. The summed E-state index contributed by atoms with van der Waals surface area (Å²) >= 11 is 0. The minimum Gasteiger partial charge on any atom is -0.383 e. The maximum atomic E-state index is 10.0. The zero-order valence-electron chi connectivity index (χ0n) is 8.38. The highest BCUT2D eigenvalue weighted by Gasteiger charge is 2.45. The summed E-state index contributed by atoms with van der Waals surface area (Å²) in [6.07, 6.45) is 1.36. The van der Waals surface area contributed by atoms with Crippen molar-refractivity contribution < 1.29 is 5.11 Å². The number of hydrogen-bond acceptors (Lipinski definition) is 5. The van der Waals surface area contributed by atoms with Crippen molar-refractivity contribution >= 4 is 0 Å². The summed E-state index contributed by atoms with van der Waals surface area (Å²) in [6, 6.07) is 0. The Morgan fingerprint density at radius 3 is 2.71 bits per heavy atom. The first-order valence-corrected chi connectivity index (χ1v) is 4.72. The van der Waals surface area contributed by atoms with E-state index >= 15 is 0 Å². The van der Waals surface area contributed by atoms with Crippen LogP contribution in [-0.4, -0.2) is 30.9 Å². The van der Waals surface area contributed by atoms with Gasteiger partial charge in [-0.25, -0.2) is 4.68 Å². The van der Waals surface area contributed by atoms with Crippen LogP contribution in [0.3, 0.4) is 0 Å². The summed E-state index contributed by atoms with van der Waals surface area (Å²) in [5.74, 6) is 0.816. The molecule has 0 aromatic carbocycles. The van der Waals surface area contributed by atoms with Gasteiger partial charge in [-0.2, -0.15) is 0 Å². The Labute approximate surface area is 82.1 Å². The fourth-order valence-corrected chi connectivity index (χ4v) is 1.67. The number of aliphatic hydroxyl groups is 1. The highest BCUT2D eigenvalue weighted by molar-refractivity contribution is 5.06. The van der Waals surface area contributed by atoms with Crippen LogP contribution in [0.5, 0.6) is 0 Å². The van der Waals surface area contributed by atoms with Crippen molar-refractivity contribution in [2.75, 3.05) is 0 Å². The van der Waals surface area contributed by atoms with Gasteiger partial charge in [0.15, 0.2) is 5.82 Å². The number of aliphatic hydroxyl groups excluding tert-OH is 1. The second kappa shape index (κ2) is 2.99. The van der Waals surface area contributed by atoms with Crippen LogP contribution in [0.1, 0.15) is 31.7 Å². The van der Waals surface area contributed by atoms with Crippen LogP contribution in [0.25, 0.3) is 0 Å². The third kappa shape index (κ3) is 1.40. The lowest BCUT2D eigenvalue weighted by molar-refractivity contribution is 0.0695. The van der Waals surface area contributed by atoms with Gasteiger partial charge < -0.3 is 10.8 Å². The van der Waals surface area contributed by atoms with Crippen molar-refractivity contribution in [1.82, 2.24) is 20.2 Å². The van der Waals surface area contributed by atoms with Crippen LogP contribution in [-0.2, 0) is 7.05 Å². The fourth-order valence-electron chi connectivity index (χ4n) is 1.67. The Morgan fingerprint density at radius 1 is 1.64 bits per heavy atom. The summed E-state index contributed by atoms with van der Waals surface area (Å²) < 4.78 is 1.46. The molecular weight excluding hydrogens is 182 g/mol. The van der Waals surface area contributed by atoms with Crippen LogP contribution < -0.4 is 5.73 Å². The fraction of sp³-hybridized carbons (Fsp3) is 0.875. The summed E-state index contributed by atoms with van der Waals surface area (Å²) in [4.78, 5) is 0. The average Bonchev–Trinajstić information content (AvgIpc) is 2.89. The lowest BCUT2D eigenvalue weighted by atomic mass is 9.90. The summed E-state index contributed by atoms with van der Waals surface area (Å²) in [7, 11) is 1.70. The van der Waals surface area contributed by atoms with E-state index in [0.29, 0.717) is 11.7 Å². The number of hydrogen-bond donors (Lipinski definition) is 2. The molecule has 6 heteroatoms. The van der Waals surface area contributed by atoms with Gasteiger partial charge in [-0.3, -0.25) is 0 Å². The molecule has 1 heterocycles.